The Labute approximate surface area is 231 Å². The summed E-state index contributed by atoms with van der Waals surface area (Å²) in [6.07, 6.45) is 7.69. The van der Waals surface area contributed by atoms with E-state index in [-0.39, 0.29) is 34.8 Å². The molecule has 2 heterocycles. The van der Waals surface area contributed by atoms with Gasteiger partial charge in [-0.3, -0.25) is 4.79 Å². The van der Waals surface area contributed by atoms with Gasteiger partial charge < -0.3 is 14.7 Å². The predicted molar refractivity (Wildman–Crippen MR) is 154 cm³/mol. The van der Waals surface area contributed by atoms with Crippen molar-refractivity contribution in [2.24, 2.45) is 17.8 Å². The van der Waals surface area contributed by atoms with Crippen LogP contribution in [-0.4, -0.2) is 34.1 Å². The number of aromatic carboxylic acids is 1. The van der Waals surface area contributed by atoms with Crippen LogP contribution >= 0.6 is 11.3 Å². The van der Waals surface area contributed by atoms with Crippen molar-refractivity contribution in [2.75, 3.05) is 4.90 Å². The molecule has 2 aromatic rings. The monoisotopic (exact) mass is 538 g/mol. The number of carbonyl (C=O) groups is 2. The second kappa shape index (κ2) is 13.8. The number of hydrogen-bond donors (Lipinski definition) is 1. The number of aromatic nitrogens is 1. The van der Waals surface area contributed by atoms with Crippen molar-refractivity contribution < 1.29 is 19.4 Å². The third-order valence-electron chi connectivity index (χ3n) is 7.28. The summed E-state index contributed by atoms with van der Waals surface area (Å²) < 4.78 is 6.12. The molecule has 1 aliphatic carbocycles. The summed E-state index contributed by atoms with van der Waals surface area (Å²) in [5.74, 6) is 6.37. The largest absolute Gasteiger partial charge is 0.477 e. The number of nitrogens with zero attached hydrogens (tertiary/aromatic N) is 2. The Morgan fingerprint density at radius 2 is 1.87 bits per heavy atom. The summed E-state index contributed by atoms with van der Waals surface area (Å²) in [4.78, 5) is 33.3. The van der Waals surface area contributed by atoms with Gasteiger partial charge >= 0.3 is 5.97 Å². The number of carboxylic acids is 1. The molecule has 7 heteroatoms. The van der Waals surface area contributed by atoms with E-state index in [2.05, 4.69) is 30.7 Å². The van der Waals surface area contributed by atoms with Crippen LogP contribution < -0.4 is 9.64 Å². The van der Waals surface area contributed by atoms with Crippen molar-refractivity contribution in [3.05, 3.63) is 39.7 Å². The number of thiophene rings is 1. The van der Waals surface area contributed by atoms with Gasteiger partial charge in [-0.15, -0.1) is 11.3 Å². The van der Waals surface area contributed by atoms with E-state index in [1.54, 1.807) is 11.1 Å². The normalized spacial score (nSPS) is 18.8. The average molecular weight is 539 g/mol. The fourth-order valence-corrected chi connectivity index (χ4v) is 5.55. The topological polar surface area (TPSA) is 79.7 Å². The SMILES string of the molecule is CCC(C)CCC(C)C(=O)N(c1cc(C#CC(C)C)sc1C(=O)O)C1CCC(Oc2ccc(C)cn2)CC1. The fraction of sp³-hybridized carbons (Fsp3) is 0.581. The maximum Gasteiger partial charge on any atom is 0.348 e. The van der Waals surface area contributed by atoms with Crippen LogP contribution in [0.15, 0.2) is 24.4 Å². The zero-order valence-electron chi connectivity index (χ0n) is 23.6. The molecule has 38 heavy (non-hydrogen) atoms. The molecule has 0 aliphatic heterocycles. The molecule has 1 N–H and O–H groups in total. The third kappa shape index (κ3) is 8.07. The van der Waals surface area contributed by atoms with E-state index in [0.717, 1.165) is 61.8 Å². The molecule has 1 saturated carbocycles. The molecule has 2 atom stereocenters. The molecule has 2 unspecified atom stereocenters. The lowest BCUT2D eigenvalue weighted by Gasteiger charge is -2.38. The Morgan fingerprint density at radius 3 is 2.45 bits per heavy atom. The van der Waals surface area contributed by atoms with Crippen molar-refractivity contribution in [1.82, 2.24) is 4.98 Å². The summed E-state index contributed by atoms with van der Waals surface area (Å²) in [7, 11) is 0. The minimum atomic E-state index is -1.02. The number of anilines is 1. The second-order valence-corrected chi connectivity index (χ2v) is 12.0. The number of hydrogen-bond acceptors (Lipinski definition) is 5. The average Bonchev–Trinajstić information content (AvgIpc) is 3.32. The molecule has 1 fully saturated rings. The van der Waals surface area contributed by atoms with Crippen molar-refractivity contribution in [2.45, 2.75) is 98.6 Å². The highest BCUT2D eigenvalue weighted by molar-refractivity contribution is 7.15. The van der Waals surface area contributed by atoms with Gasteiger partial charge in [-0.05, 0) is 63.0 Å². The number of ether oxygens (including phenoxy) is 1. The van der Waals surface area contributed by atoms with Gasteiger partial charge in [0.15, 0.2) is 0 Å². The minimum Gasteiger partial charge on any atom is -0.477 e. The quantitative estimate of drug-likeness (QED) is 0.320. The van der Waals surface area contributed by atoms with Crippen LogP contribution in [0, 0.1) is 36.5 Å². The van der Waals surface area contributed by atoms with Crippen molar-refractivity contribution in [3.63, 3.8) is 0 Å². The summed E-state index contributed by atoms with van der Waals surface area (Å²) in [5.41, 5.74) is 1.57. The molecule has 1 amide bonds. The highest BCUT2D eigenvalue weighted by Gasteiger charge is 2.36. The predicted octanol–water partition coefficient (Wildman–Crippen LogP) is 7.34. The van der Waals surface area contributed by atoms with Crippen molar-refractivity contribution >= 4 is 28.9 Å². The van der Waals surface area contributed by atoms with E-state index in [1.807, 2.05) is 45.9 Å². The first-order chi connectivity index (χ1) is 18.1. The highest BCUT2D eigenvalue weighted by Crippen LogP contribution is 2.37. The van der Waals surface area contributed by atoms with Gasteiger partial charge in [-0.25, -0.2) is 9.78 Å². The van der Waals surface area contributed by atoms with Gasteiger partial charge in [0.2, 0.25) is 11.8 Å². The Bertz CT molecular complexity index is 1140. The third-order valence-corrected chi connectivity index (χ3v) is 8.31. The summed E-state index contributed by atoms with van der Waals surface area (Å²) in [5, 5.41) is 10.1. The van der Waals surface area contributed by atoms with E-state index < -0.39 is 5.97 Å². The van der Waals surface area contributed by atoms with Crippen LogP contribution in [-0.2, 0) is 4.79 Å². The van der Waals surface area contributed by atoms with Crippen molar-refractivity contribution in [1.29, 1.82) is 0 Å². The number of carbonyl (C=O) groups excluding carboxylic acids is 1. The van der Waals surface area contributed by atoms with E-state index >= 15 is 0 Å². The second-order valence-electron chi connectivity index (χ2n) is 11.0. The molecule has 3 rings (SSSR count). The smallest absolute Gasteiger partial charge is 0.348 e. The van der Waals surface area contributed by atoms with E-state index in [0.29, 0.717) is 22.4 Å². The first-order valence-corrected chi connectivity index (χ1v) is 14.7. The van der Waals surface area contributed by atoms with Crippen LogP contribution in [0.3, 0.4) is 0 Å². The zero-order valence-corrected chi connectivity index (χ0v) is 24.4. The summed E-state index contributed by atoms with van der Waals surface area (Å²) in [6.45, 7) is 12.3. The number of carboxylic acid groups (broad SMARTS) is 1. The van der Waals surface area contributed by atoms with Crippen LogP contribution in [0.1, 0.15) is 99.7 Å². The molecule has 206 valence electrons. The number of rotatable bonds is 10. The molecule has 6 nitrogen and oxygen atoms in total. The molecule has 2 aromatic heterocycles. The van der Waals surface area contributed by atoms with Gasteiger partial charge in [-0.2, -0.15) is 0 Å². The lowest BCUT2D eigenvalue weighted by Crippen LogP contribution is -2.46. The number of amides is 1. The maximum atomic E-state index is 14.0. The first-order valence-electron chi connectivity index (χ1n) is 13.9. The first kappa shape index (κ1) is 29.7. The summed E-state index contributed by atoms with van der Waals surface area (Å²) >= 11 is 1.16. The van der Waals surface area contributed by atoms with Gasteiger partial charge in [0.1, 0.15) is 11.0 Å². The summed E-state index contributed by atoms with van der Waals surface area (Å²) in [6, 6.07) is 5.60. The molecule has 0 spiro atoms. The van der Waals surface area contributed by atoms with Crippen LogP contribution in [0.25, 0.3) is 0 Å². The van der Waals surface area contributed by atoms with E-state index in [1.165, 1.54) is 0 Å². The maximum absolute atomic E-state index is 14.0. The molecule has 0 bridgehead atoms. The fourth-order valence-electron chi connectivity index (χ4n) is 4.70. The lowest BCUT2D eigenvalue weighted by atomic mass is 9.89. The Morgan fingerprint density at radius 1 is 1.16 bits per heavy atom. The van der Waals surface area contributed by atoms with Gasteiger partial charge in [0.05, 0.1) is 10.6 Å². The highest BCUT2D eigenvalue weighted by atomic mass is 32.1. The Hall–Kier alpha value is -2.85. The van der Waals surface area contributed by atoms with Crippen LogP contribution in [0.5, 0.6) is 5.88 Å². The minimum absolute atomic E-state index is 0.00143. The zero-order chi connectivity index (χ0) is 27.8. The van der Waals surface area contributed by atoms with Crippen LogP contribution in [0.4, 0.5) is 5.69 Å². The molecular formula is C31H42N2O4S. The number of aryl methyl sites for hydroxylation is 1. The Kier molecular flexibility index (Phi) is 10.8. The molecule has 0 aromatic carbocycles. The molecule has 0 radical (unpaired) electrons. The Balaban J connectivity index is 1.86. The van der Waals surface area contributed by atoms with Crippen molar-refractivity contribution in [3.8, 4) is 17.7 Å². The molecular weight excluding hydrogens is 496 g/mol. The number of pyridine rings is 1. The lowest BCUT2D eigenvalue weighted by molar-refractivity contribution is -0.122. The van der Waals surface area contributed by atoms with E-state index in [4.69, 9.17) is 4.74 Å². The van der Waals surface area contributed by atoms with E-state index in [9.17, 15) is 14.7 Å². The van der Waals surface area contributed by atoms with Gasteiger partial charge in [-0.1, -0.05) is 58.9 Å². The molecule has 0 saturated heterocycles. The van der Waals surface area contributed by atoms with Gasteiger partial charge in [0, 0.05) is 30.1 Å². The molecule has 1 aliphatic rings. The standard InChI is InChI=1S/C31H42N2O4S/c1-7-21(4)9-11-23(6)30(34)33(27-18-26(16-8-20(2)3)38-29(27)31(35)36)24-12-14-25(15-13-24)37-28-17-10-22(5)19-32-28/h10,17-21,23-25H,7,9,11-15H2,1-6H3,(H,35,36). The van der Waals surface area contributed by atoms with Gasteiger partial charge in [0.25, 0.3) is 0 Å². The van der Waals surface area contributed by atoms with Crippen LogP contribution in [0.2, 0.25) is 0 Å².